The molecule has 0 aromatic carbocycles. The van der Waals surface area contributed by atoms with Gasteiger partial charge in [0.2, 0.25) is 0 Å². The van der Waals surface area contributed by atoms with E-state index >= 15 is 0 Å². The molecule has 0 fully saturated rings. The van der Waals surface area contributed by atoms with Crippen molar-refractivity contribution < 1.29 is 0 Å². The molecule has 0 N–H and O–H groups in total. The van der Waals surface area contributed by atoms with Gasteiger partial charge in [0.25, 0.3) is 0 Å². The van der Waals surface area contributed by atoms with E-state index in [0.29, 0.717) is 5.41 Å². The van der Waals surface area contributed by atoms with Crippen LogP contribution in [0.5, 0.6) is 0 Å². The largest absolute Gasteiger partial charge is 0.306 e. The lowest BCUT2D eigenvalue weighted by Crippen LogP contribution is -2.24. The molecule has 0 aromatic rings. The Morgan fingerprint density at radius 3 is 2.08 bits per heavy atom. The second-order valence-corrected chi connectivity index (χ2v) is 4.97. The Kier molecular flexibility index (Phi) is 5.56. The van der Waals surface area contributed by atoms with Crippen molar-refractivity contribution in [2.24, 2.45) is 5.41 Å². The first kappa shape index (κ1) is 12.0. The first-order chi connectivity index (χ1) is 5.45. The van der Waals surface area contributed by atoms with Crippen molar-refractivity contribution in [1.82, 2.24) is 4.90 Å². The molecule has 12 heavy (non-hydrogen) atoms. The van der Waals surface area contributed by atoms with Gasteiger partial charge in [0, 0.05) is 0 Å². The second kappa shape index (κ2) is 5.58. The number of hydrogen-bond donors (Lipinski definition) is 0. The molecule has 0 radical (unpaired) electrons. The van der Waals surface area contributed by atoms with Gasteiger partial charge in [-0.2, -0.15) is 0 Å². The maximum Gasteiger partial charge on any atom is -0.00168 e. The third-order valence-corrected chi connectivity index (χ3v) is 2.14. The van der Waals surface area contributed by atoms with Gasteiger partial charge in [-0.1, -0.05) is 34.1 Å². The summed E-state index contributed by atoms with van der Waals surface area (Å²) in [6.07, 6.45) is 3.94. The minimum Gasteiger partial charge on any atom is -0.306 e. The molecule has 0 aliphatic heterocycles. The third-order valence-electron chi connectivity index (χ3n) is 2.14. The molecule has 0 spiro atoms. The number of nitrogens with zero attached hydrogens (tertiary/aromatic N) is 1. The fraction of sp³-hybridized carbons (Fsp3) is 1.00. The number of hydrogen-bond acceptors (Lipinski definition) is 1. The van der Waals surface area contributed by atoms with E-state index in [1.54, 1.807) is 0 Å². The van der Waals surface area contributed by atoms with E-state index in [2.05, 4.69) is 39.6 Å². The van der Waals surface area contributed by atoms with E-state index in [4.69, 9.17) is 0 Å². The van der Waals surface area contributed by atoms with Gasteiger partial charge >= 0.3 is 0 Å². The van der Waals surface area contributed by atoms with Crippen molar-refractivity contribution in [3.63, 3.8) is 0 Å². The summed E-state index contributed by atoms with van der Waals surface area (Å²) in [5.74, 6) is 0. The Morgan fingerprint density at radius 2 is 1.67 bits per heavy atom. The first-order valence-corrected chi connectivity index (χ1v) is 5.14. The minimum atomic E-state index is 0.487. The summed E-state index contributed by atoms with van der Waals surface area (Å²) in [4.78, 5) is 2.44. The lowest BCUT2D eigenvalue weighted by atomic mass is 9.92. The van der Waals surface area contributed by atoms with Crippen LogP contribution >= 0.6 is 0 Å². The van der Waals surface area contributed by atoms with E-state index in [9.17, 15) is 0 Å². The molecule has 1 heteroatoms. The second-order valence-electron chi connectivity index (χ2n) is 4.97. The highest BCUT2D eigenvalue weighted by atomic mass is 15.1. The van der Waals surface area contributed by atoms with Crippen LogP contribution in [0.1, 0.15) is 47.0 Å². The van der Waals surface area contributed by atoms with Crippen LogP contribution in [0.3, 0.4) is 0 Å². The van der Waals surface area contributed by atoms with Crippen LogP contribution in [0.2, 0.25) is 0 Å². The van der Waals surface area contributed by atoms with E-state index < -0.39 is 0 Å². The van der Waals surface area contributed by atoms with E-state index in [1.807, 2.05) is 0 Å². The molecule has 0 heterocycles. The highest BCUT2D eigenvalue weighted by Gasteiger charge is 2.10. The summed E-state index contributed by atoms with van der Waals surface area (Å²) < 4.78 is 0. The standard InChI is InChI=1S/C11H25N/c1-6-7-9-12(5)10-8-11(2,3)4/h6-10H2,1-5H3. The third kappa shape index (κ3) is 8.06. The Labute approximate surface area is 78.1 Å². The maximum atomic E-state index is 2.44. The van der Waals surface area contributed by atoms with Crippen molar-refractivity contribution in [1.29, 1.82) is 0 Å². The summed E-state index contributed by atoms with van der Waals surface area (Å²) in [6.45, 7) is 11.7. The Balaban J connectivity index is 3.37. The predicted molar refractivity (Wildman–Crippen MR) is 56.5 cm³/mol. The van der Waals surface area contributed by atoms with Crippen LogP contribution in [0, 0.1) is 5.41 Å². The molecular formula is C11H25N. The van der Waals surface area contributed by atoms with E-state index in [0.717, 1.165) is 0 Å². The number of rotatable bonds is 5. The Hall–Kier alpha value is -0.0400. The molecule has 1 nitrogen and oxygen atoms in total. The Morgan fingerprint density at radius 1 is 1.08 bits per heavy atom. The lowest BCUT2D eigenvalue weighted by molar-refractivity contribution is 0.261. The smallest absolute Gasteiger partial charge is 0.00168 e. The summed E-state index contributed by atoms with van der Waals surface area (Å²) >= 11 is 0. The normalized spacial score (nSPS) is 12.5. The average molecular weight is 171 g/mol. The highest BCUT2D eigenvalue weighted by Crippen LogP contribution is 2.18. The number of unbranched alkanes of at least 4 members (excludes halogenated alkanes) is 1. The van der Waals surface area contributed by atoms with Crippen LogP contribution in [0.25, 0.3) is 0 Å². The molecule has 0 aliphatic carbocycles. The van der Waals surface area contributed by atoms with E-state index in [-0.39, 0.29) is 0 Å². The molecule has 0 bridgehead atoms. The molecule has 0 rings (SSSR count). The van der Waals surface area contributed by atoms with Gasteiger partial charge in [-0.05, 0) is 38.4 Å². The van der Waals surface area contributed by atoms with Gasteiger partial charge in [-0.15, -0.1) is 0 Å². The zero-order chi connectivity index (χ0) is 9.61. The van der Waals surface area contributed by atoms with Crippen molar-refractivity contribution >= 4 is 0 Å². The van der Waals surface area contributed by atoms with E-state index in [1.165, 1.54) is 32.4 Å². The maximum absolute atomic E-state index is 2.44. The summed E-state index contributed by atoms with van der Waals surface area (Å²) in [5, 5.41) is 0. The van der Waals surface area contributed by atoms with Crippen LogP contribution in [0.15, 0.2) is 0 Å². The molecule has 0 unspecified atom stereocenters. The van der Waals surface area contributed by atoms with Crippen molar-refractivity contribution in [2.45, 2.75) is 47.0 Å². The molecule has 0 aliphatic rings. The predicted octanol–water partition coefficient (Wildman–Crippen LogP) is 3.15. The van der Waals surface area contributed by atoms with Crippen LogP contribution in [-0.4, -0.2) is 25.0 Å². The molecule has 74 valence electrons. The van der Waals surface area contributed by atoms with Crippen molar-refractivity contribution in [3.05, 3.63) is 0 Å². The lowest BCUT2D eigenvalue weighted by Gasteiger charge is -2.23. The molecule has 0 saturated carbocycles. The highest BCUT2D eigenvalue weighted by molar-refractivity contribution is 4.63. The fourth-order valence-electron chi connectivity index (χ4n) is 1.07. The molecule has 0 saturated heterocycles. The zero-order valence-electron chi connectivity index (χ0n) is 9.48. The summed E-state index contributed by atoms with van der Waals surface area (Å²) in [7, 11) is 2.22. The van der Waals surface area contributed by atoms with Crippen molar-refractivity contribution in [2.75, 3.05) is 20.1 Å². The summed E-state index contributed by atoms with van der Waals surface area (Å²) in [6, 6.07) is 0. The monoisotopic (exact) mass is 171 g/mol. The molecule has 0 aromatic heterocycles. The molecule has 0 amide bonds. The topological polar surface area (TPSA) is 3.24 Å². The first-order valence-electron chi connectivity index (χ1n) is 5.14. The van der Waals surface area contributed by atoms with Gasteiger partial charge in [0.05, 0.1) is 0 Å². The zero-order valence-corrected chi connectivity index (χ0v) is 9.48. The average Bonchev–Trinajstić information content (AvgIpc) is 1.95. The van der Waals surface area contributed by atoms with Crippen LogP contribution in [0.4, 0.5) is 0 Å². The fourth-order valence-corrected chi connectivity index (χ4v) is 1.07. The van der Waals surface area contributed by atoms with Gasteiger partial charge < -0.3 is 4.90 Å². The Bertz CT molecular complexity index is 102. The van der Waals surface area contributed by atoms with Crippen molar-refractivity contribution in [3.8, 4) is 0 Å². The van der Waals surface area contributed by atoms with Gasteiger partial charge in [0.1, 0.15) is 0 Å². The quantitative estimate of drug-likeness (QED) is 0.614. The summed E-state index contributed by atoms with van der Waals surface area (Å²) in [5.41, 5.74) is 0.487. The van der Waals surface area contributed by atoms with Crippen LogP contribution in [-0.2, 0) is 0 Å². The van der Waals surface area contributed by atoms with Gasteiger partial charge in [0.15, 0.2) is 0 Å². The molecule has 0 atom stereocenters. The van der Waals surface area contributed by atoms with Crippen LogP contribution < -0.4 is 0 Å². The minimum absolute atomic E-state index is 0.487. The molecular weight excluding hydrogens is 146 g/mol. The SMILES string of the molecule is CCCCN(C)CCC(C)(C)C. The van der Waals surface area contributed by atoms with Gasteiger partial charge in [-0.25, -0.2) is 0 Å². The van der Waals surface area contributed by atoms with Gasteiger partial charge in [-0.3, -0.25) is 0 Å².